The summed E-state index contributed by atoms with van der Waals surface area (Å²) in [5.74, 6) is 1.29. The van der Waals surface area contributed by atoms with Crippen molar-refractivity contribution in [2.75, 3.05) is 11.9 Å². The summed E-state index contributed by atoms with van der Waals surface area (Å²) < 4.78 is 10.7. The Morgan fingerprint density at radius 1 is 1.20 bits per heavy atom. The number of hydrogen-bond donors (Lipinski definition) is 1. The van der Waals surface area contributed by atoms with Gasteiger partial charge < -0.3 is 14.5 Å². The molecular weight excluding hydrogens is 318 g/mol. The highest BCUT2D eigenvalue weighted by molar-refractivity contribution is 5.92. The highest BCUT2D eigenvalue weighted by Crippen LogP contribution is 2.21. The van der Waals surface area contributed by atoms with E-state index < -0.39 is 0 Å². The molecule has 3 rings (SSSR count). The van der Waals surface area contributed by atoms with E-state index in [1.165, 1.54) is 12.0 Å². The number of ether oxygens (including phenoxy) is 1. The quantitative estimate of drug-likeness (QED) is 0.738. The van der Waals surface area contributed by atoms with Crippen molar-refractivity contribution in [3.05, 3.63) is 60.5 Å². The molecule has 2 aromatic carbocycles. The SMILES string of the molecule is CC(C)c1ccc(OCC(=O)Nc2cccc(-c3nnco3)c2)cc1. The van der Waals surface area contributed by atoms with Crippen LogP contribution in [0.1, 0.15) is 25.3 Å². The van der Waals surface area contributed by atoms with Gasteiger partial charge in [-0.3, -0.25) is 4.79 Å². The van der Waals surface area contributed by atoms with Gasteiger partial charge in [-0.15, -0.1) is 10.2 Å². The van der Waals surface area contributed by atoms with Gasteiger partial charge in [-0.1, -0.05) is 32.0 Å². The summed E-state index contributed by atoms with van der Waals surface area (Å²) >= 11 is 0. The molecule has 6 nitrogen and oxygen atoms in total. The fourth-order valence-corrected chi connectivity index (χ4v) is 2.32. The van der Waals surface area contributed by atoms with Gasteiger partial charge in [0, 0.05) is 11.3 Å². The maximum Gasteiger partial charge on any atom is 0.262 e. The fraction of sp³-hybridized carbons (Fsp3) is 0.211. The first-order valence-corrected chi connectivity index (χ1v) is 8.01. The molecule has 1 aromatic heterocycles. The van der Waals surface area contributed by atoms with Crippen LogP contribution in [-0.4, -0.2) is 22.7 Å². The zero-order valence-electron chi connectivity index (χ0n) is 14.1. The van der Waals surface area contributed by atoms with Gasteiger partial charge in [0.25, 0.3) is 5.91 Å². The molecule has 0 bridgehead atoms. The van der Waals surface area contributed by atoms with Crippen LogP contribution in [0, 0.1) is 0 Å². The number of amides is 1. The predicted molar refractivity (Wildman–Crippen MR) is 94.4 cm³/mol. The molecule has 0 unspecified atom stereocenters. The molecule has 0 aliphatic heterocycles. The minimum absolute atomic E-state index is 0.0637. The highest BCUT2D eigenvalue weighted by Gasteiger charge is 2.08. The van der Waals surface area contributed by atoms with Gasteiger partial charge in [0.2, 0.25) is 12.3 Å². The van der Waals surface area contributed by atoms with Crippen molar-refractivity contribution in [3.8, 4) is 17.2 Å². The zero-order valence-corrected chi connectivity index (χ0v) is 14.1. The molecule has 25 heavy (non-hydrogen) atoms. The average Bonchev–Trinajstić information content (AvgIpc) is 3.15. The van der Waals surface area contributed by atoms with Crippen LogP contribution >= 0.6 is 0 Å². The zero-order chi connectivity index (χ0) is 17.6. The number of anilines is 1. The first-order valence-electron chi connectivity index (χ1n) is 8.01. The van der Waals surface area contributed by atoms with Crippen molar-refractivity contribution in [1.29, 1.82) is 0 Å². The molecule has 0 saturated heterocycles. The lowest BCUT2D eigenvalue weighted by Crippen LogP contribution is -2.20. The van der Waals surface area contributed by atoms with E-state index >= 15 is 0 Å². The predicted octanol–water partition coefficient (Wildman–Crippen LogP) is 3.88. The van der Waals surface area contributed by atoms with Crippen LogP contribution in [0.15, 0.2) is 59.3 Å². The van der Waals surface area contributed by atoms with Crippen molar-refractivity contribution in [2.45, 2.75) is 19.8 Å². The number of benzene rings is 2. The Balaban J connectivity index is 1.57. The van der Waals surface area contributed by atoms with Gasteiger partial charge in [0.1, 0.15) is 5.75 Å². The Bertz CT molecular complexity index is 827. The first-order chi connectivity index (χ1) is 12.1. The van der Waals surface area contributed by atoms with Crippen LogP contribution in [0.3, 0.4) is 0 Å². The Labute approximate surface area is 145 Å². The summed E-state index contributed by atoms with van der Waals surface area (Å²) in [6.45, 7) is 4.20. The summed E-state index contributed by atoms with van der Waals surface area (Å²) in [6, 6.07) is 14.9. The van der Waals surface area contributed by atoms with Crippen molar-refractivity contribution >= 4 is 11.6 Å². The second-order valence-corrected chi connectivity index (χ2v) is 5.89. The molecule has 1 heterocycles. The molecule has 1 amide bonds. The smallest absolute Gasteiger partial charge is 0.262 e. The molecular formula is C19H19N3O3. The molecule has 0 aliphatic rings. The summed E-state index contributed by atoms with van der Waals surface area (Å²) in [4.78, 5) is 12.1. The fourth-order valence-electron chi connectivity index (χ4n) is 2.32. The topological polar surface area (TPSA) is 77.2 Å². The standard InChI is InChI=1S/C19H19N3O3/c1-13(2)14-6-8-17(9-7-14)24-11-18(23)21-16-5-3-4-15(10-16)19-22-20-12-25-19/h3-10,12-13H,11H2,1-2H3,(H,21,23). The van der Waals surface area contributed by atoms with E-state index in [4.69, 9.17) is 9.15 Å². The summed E-state index contributed by atoms with van der Waals surface area (Å²) in [5.41, 5.74) is 2.61. The number of rotatable bonds is 6. The van der Waals surface area contributed by atoms with Crippen molar-refractivity contribution in [1.82, 2.24) is 10.2 Å². The van der Waals surface area contributed by atoms with Gasteiger partial charge in [-0.05, 0) is 41.8 Å². The molecule has 3 aromatic rings. The Hall–Kier alpha value is -3.15. The highest BCUT2D eigenvalue weighted by atomic mass is 16.5. The minimum atomic E-state index is -0.240. The van der Waals surface area contributed by atoms with E-state index in [1.807, 2.05) is 30.3 Å². The van der Waals surface area contributed by atoms with Crippen LogP contribution in [0.2, 0.25) is 0 Å². The van der Waals surface area contributed by atoms with Gasteiger partial charge in [0.15, 0.2) is 6.61 Å². The lowest BCUT2D eigenvalue weighted by Gasteiger charge is -2.10. The normalized spacial score (nSPS) is 10.7. The number of hydrogen-bond acceptors (Lipinski definition) is 5. The second-order valence-electron chi connectivity index (χ2n) is 5.89. The second kappa shape index (κ2) is 7.61. The Morgan fingerprint density at radius 3 is 2.68 bits per heavy atom. The van der Waals surface area contributed by atoms with E-state index in [0.717, 1.165) is 5.56 Å². The summed E-state index contributed by atoms with van der Waals surface area (Å²) in [7, 11) is 0. The van der Waals surface area contributed by atoms with Gasteiger partial charge in [-0.25, -0.2) is 0 Å². The summed E-state index contributed by atoms with van der Waals surface area (Å²) in [5, 5.41) is 10.3. The number of nitrogens with zero attached hydrogens (tertiary/aromatic N) is 2. The van der Waals surface area contributed by atoms with E-state index in [-0.39, 0.29) is 12.5 Å². The molecule has 0 atom stereocenters. The largest absolute Gasteiger partial charge is 0.484 e. The van der Waals surface area contributed by atoms with E-state index in [0.29, 0.717) is 23.2 Å². The maximum absolute atomic E-state index is 12.1. The third kappa shape index (κ3) is 4.44. The van der Waals surface area contributed by atoms with Gasteiger partial charge >= 0.3 is 0 Å². The molecule has 6 heteroatoms. The van der Waals surface area contributed by atoms with E-state index in [1.54, 1.807) is 18.2 Å². The van der Waals surface area contributed by atoms with Gasteiger partial charge in [0.05, 0.1) is 0 Å². The lowest BCUT2D eigenvalue weighted by atomic mass is 10.0. The number of nitrogens with one attached hydrogen (secondary N) is 1. The molecule has 0 fully saturated rings. The van der Waals surface area contributed by atoms with Crippen LogP contribution in [-0.2, 0) is 4.79 Å². The summed E-state index contributed by atoms with van der Waals surface area (Å²) in [6.07, 6.45) is 1.26. The maximum atomic E-state index is 12.1. The van der Waals surface area contributed by atoms with Crippen molar-refractivity contribution in [2.24, 2.45) is 0 Å². The van der Waals surface area contributed by atoms with Crippen LogP contribution in [0.4, 0.5) is 5.69 Å². The monoisotopic (exact) mass is 337 g/mol. The lowest BCUT2D eigenvalue weighted by molar-refractivity contribution is -0.118. The number of carbonyl (C=O) groups excluding carboxylic acids is 1. The van der Waals surface area contributed by atoms with Crippen LogP contribution in [0.5, 0.6) is 5.75 Å². The average molecular weight is 337 g/mol. The number of carbonyl (C=O) groups is 1. The molecule has 1 N–H and O–H groups in total. The van der Waals surface area contributed by atoms with Crippen LogP contribution in [0.25, 0.3) is 11.5 Å². The van der Waals surface area contributed by atoms with Gasteiger partial charge in [-0.2, -0.15) is 0 Å². The molecule has 0 aliphatic carbocycles. The molecule has 0 saturated carbocycles. The van der Waals surface area contributed by atoms with Crippen molar-refractivity contribution in [3.63, 3.8) is 0 Å². The first kappa shape index (κ1) is 16.7. The van der Waals surface area contributed by atoms with E-state index in [9.17, 15) is 4.79 Å². The molecule has 128 valence electrons. The number of aromatic nitrogens is 2. The van der Waals surface area contributed by atoms with Crippen LogP contribution < -0.4 is 10.1 Å². The molecule has 0 spiro atoms. The Morgan fingerprint density at radius 2 is 2.00 bits per heavy atom. The minimum Gasteiger partial charge on any atom is -0.484 e. The van der Waals surface area contributed by atoms with E-state index in [2.05, 4.69) is 29.4 Å². The third-order valence-electron chi connectivity index (χ3n) is 3.67. The Kier molecular flexibility index (Phi) is 5.09. The molecule has 0 radical (unpaired) electrons. The van der Waals surface area contributed by atoms with Crippen molar-refractivity contribution < 1.29 is 13.9 Å². The third-order valence-corrected chi connectivity index (χ3v) is 3.67.